The molecule has 0 radical (unpaired) electrons. The number of fused-ring (bicyclic) bond motifs is 1. The van der Waals surface area contributed by atoms with Crippen LogP contribution in [0.4, 0.5) is 17.6 Å². The summed E-state index contributed by atoms with van der Waals surface area (Å²) in [4.78, 5) is 14.3. The van der Waals surface area contributed by atoms with Gasteiger partial charge in [0.2, 0.25) is 5.91 Å². The van der Waals surface area contributed by atoms with Crippen LogP contribution in [0.5, 0.6) is 0 Å². The van der Waals surface area contributed by atoms with Gasteiger partial charge in [-0.3, -0.25) is 9.48 Å². The highest BCUT2D eigenvalue weighted by atomic mass is 19.4. The molecule has 0 saturated carbocycles. The molecule has 2 aliphatic rings. The van der Waals surface area contributed by atoms with Gasteiger partial charge in [-0.2, -0.15) is 18.3 Å². The van der Waals surface area contributed by atoms with Crippen molar-refractivity contribution < 1.29 is 22.4 Å². The zero-order chi connectivity index (χ0) is 20.6. The van der Waals surface area contributed by atoms with Gasteiger partial charge in [0.1, 0.15) is 5.82 Å². The Labute approximate surface area is 165 Å². The molecule has 3 heterocycles. The summed E-state index contributed by atoms with van der Waals surface area (Å²) in [6, 6.07) is 5.58. The van der Waals surface area contributed by atoms with E-state index in [0.29, 0.717) is 17.7 Å². The average molecular weight is 410 g/mol. The summed E-state index contributed by atoms with van der Waals surface area (Å²) in [5.74, 6) is -0.170. The predicted octanol–water partition coefficient (Wildman–Crippen LogP) is 2.97. The van der Waals surface area contributed by atoms with Crippen molar-refractivity contribution in [1.29, 1.82) is 0 Å². The molecule has 1 amide bonds. The van der Waals surface area contributed by atoms with Gasteiger partial charge in [-0.1, -0.05) is 12.1 Å². The smallest absolute Gasteiger partial charge is 0.336 e. The molecule has 1 saturated heterocycles. The van der Waals surface area contributed by atoms with Crippen LogP contribution in [-0.4, -0.2) is 40.2 Å². The van der Waals surface area contributed by atoms with Gasteiger partial charge in [0.15, 0.2) is 5.69 Å². The molecule has 2 aromatic rings. The van der Waals surface area contributed by atoms with Gasteiger partial charge >= 0.3 is 6.18 Å². The summed E-state index contributed by atoms with van der Waals surface area (Å²) < 4.78 is 54.9. The third kappa shape index (κ3) is 4.29. The molecule has 156 valence electrons. The molecular formula is C20H22F4N4O. The lowest BCUT2D eigenvalue weighted by Crippen LogP contribution is -2.38. The first kappa shape index (κ1) is 19.9. The maximum absolute atomic E-state index is 13.5. The number of halogens is 4. The van der Waals surface area contributed by atoms with Gasteiger partial charge in [0, 0.05) is 18.5 Å². The largest absolute Gasteiger partial charge is 0.435 e. The Balaban J connectivity index is 1.59. The highest BCUT2D eigenvalue weighted by molar-refractivity contribution is 5.76. The summed E-state index contributed by atoms with van der Waals surface area (Å²) in [6.45, 7) is 2.15. The van der Waals surface area contributed by atoms with Gasteiger partial charge in [-0.15, -0.1) is 0 Å². The van der Waals surface area contributed by atoms with Crippen LogP contribution in [-0.2, 0) is 30.5 Å². The van der Waals surface area contributed by atoms with Crippen LogP contribution in [0.3, 0.4) is 0 Å². The van der Waals surface area contributed by atoms with E-state index in [1.54, 1.807) is 4.90 Å². The fourth-order valence-corrected chi connectivity index (χ4v) is 4.08. The molecule has 1 atom stereocenters. The number of amides is 1. The molecule has 1 N–H and O–H groups in total. The van der Waals surface area contributed by atoms with Gasteiger partial charge in [-0.05, 0) is 49.5 Å². The van der Waals surface area contributed by atoms with Gasteiger partial charge in [0.05, 0.1) is 18.8 Å². The van der Waals surface area contributed by atoms with Crippen LogP contribution in [0.25, 0.3) is 0 Å². The Kier molecular flexibility index (Phi) is 5.33. The molecule has 29 heavy (non-hydrogen) atoms. The molecule has 1 aromatic heterocycles. The van der Waals surface area contributed by atoms with Gasteiger partial charge in [0.25, 0.3) is 0 Å². The highest BCUT2D eigenvalue weighted by Gasteiger charge is 2.41. The fourth-order valence-electron chi connectivity index (χ4n) is 4.08. The predicted molar refractivity (Wildman–Crippen MR) is 97.4 cm³/mol. The number of carbonyl (C=O) groups excluding carboxylic acids is 1. The van der Waals surface area contributed by atoms with Crippen molar-refractivity contribution in [2.75, 3.05) is 19.6 Å². The molecule has 0 aliphatic carbocycles. The standard InChI is InChI=1S/C20H22F4N4O/c21-15-3-1-13(2-4-15)11-28-17-12-27(18(29)9-14-5-7-25-10-14)8-6-16(17)19(26-28)20(22,23)24/h1-4,14,25H,5-12H2. The summed E-state index contributed by atoms with van der Waals surface area (Å²) in [7, 11) is 0. The fraction of sp³-hybridized carbons (Fsp3) is 0.500. The van der Waals surface area contributed by atoms with E-state index >= 15 is 0 Å². The minimum atomic E-state index is -4.56. The summed E-state index contributed by atoms with van der Waals surface area (Å²) in [5, 5.41) is 7.05. The van der Waals surface area contributed by atoms with Crippen LogP contribution in [0.1, 0.15) is 35.4 Å². The Morgan fingerprint density at radius 1 is 1.24 bits per heavy atom. The number of nitrogens with one attached hydrogen (secondary N) is 1. The van der Waals surface area contributed by atoms with E-state index in [2.05, 4.69) is 10.4 Å². The topological polar surface area (TPSA) is 50.2 Å². The summed E-state index contributed by atoms with van der Waals surface area (Å²) in [6.07, 6.45) is -3.09. The zero-order valence-corrected chi connectivity index (χ0v) is 15.8. The molecule has 0 bridgehead atoms. The van der Waals surface area contributed by atoms with Crippen molar-refractivity contribution in [3.05, 3.63) is 52.6 Å². The number of hydrogen-bond donors (Lipinski definition) is 1. The van der Waals surface area contributed by atoms with E-state index in [9.17, 15) is 22.4 Å². The van der Waals surface area contributed by atoms with Crippen molar-refractivity contribution >= 4 is 5.91 Å². The maximum Gasteiger partial charge on any atom is 0.435 e. The highest BCUT2D eigenvalue weighted by Crippen LogP contribution is 2.35. The lowest BCUT2D eigenvalue weighted by atomic mass is 10.0. The van der Waals surface area contributed by atoms with Crippen molar-refractivity contribution in [3.8, 4) is 0 Å². The van der Waals surface area contributed by atoms with Crippen LogP contribution in [0, 0.1) is 11.7 Å². The number of rotatable bonds is 4. The number of benzene rings is 1. The normalized spacial score (nSPS) is 19.4. The molecule has 4 rings (SSSR count). The SMILES string of the molecule is O=C(CC1CCNC1)N1CCc2c(C(F)(F)F)nn(Cc3ccc(F)cc3)c2C1. The van der Waals surface area contributed by atoms with E-state index in [1.807, 2.05) is 0 Å². The lowest BCUT2D eigenvalue weighted by molar-refractivity contribution is -0.142. The quantitative estimate of drug-likeness (QED) is 0.789. The molecule has 2 aliphatic heterocycles. The second-order valence-corrected chi connectivity index (χ2v) is 7.68. The number of carbonyl (C=O) groups is 1. The molecule has 9 heteroatoms. The van der Waals surface area contributed by atoms with Gasteiger partial charge in [-0.25, -0.2) is 4.39 Å². The van der Waals surface area contributed by atoms with Crippen LogP contribution < -0.4 is 5.32 Å². The number of hydrogen-bond acceptors (Lipinski definition) is 3. The van der Waals surface area contributed by atoms with Gasteiger partial charge < -0.3 is 10.2 Å². The Bertz CT molecular complexity index is 885. The first-order chi connectivity index (χ1) is 13.8. The van der Waals surface area contributed by atoms with E-state index in [4.69, 9.17) is 0 Å². The van der Waals surface area contributed by atoms with E-state index in [-0.39, 0.29) is 43.4 Å². The molecule has 0 spiro atoms. The maximum atomic E-state index is 13.5. The number of alkyl halides is 3. The summed E-state index contributed by atoms with van der Waals surface area (Å²) in [5.41, 5.74) is 0.324. The molecule has 1 fully saturated rings. The number of nitrogens with zero attached hydrogens (tertiary/aromatic N) is 3. The van der Waals surface area contributed by atoms with Crippen molar-refractivity contribution in [2.24, 2.45) is 5.92 Å². The monoisotopic (exact) mass is 410 g/mol. The number of aromatic nitrogens is 2. The first-order valence-corrected chi connectivity index (χ1v) is 9.70. The lowest BCUT2D eigenvalue weighted by Gasteiger charge is -2.29. The van der Waals surface area contributed by atoms with Crippen LogP contribution in [0.15, 0.2) is 24.3 Å². The van der Waals surface area contributed by atoms with Crippen molar-refractivity contribution in [1.82, 2.24) is 20.0 Å². The third-order valence-electron chi connectivity index (χ3n) is 5.63. The van der Waals surface area contributed by atoms with Crippen molar-refractivity contribution in [2.45, 2.75) is 38.5 Å². The molecule has 1 unspecified atom stereocenters. The molecule has 1 aromatic carbocycles. The minimum Gasteiger partial charge on any atom is -0.336 e. The zero-order valence-electron chi connectivity index (χ0n) is 15.8. The Hall–Kier alpha value is -2.42. The van der Waals surface area contributed by atoms with Crippen molar-refractivity contribution in [3.63, 3.8) is 0 Å². The third-order valence-corrected chi connectivity index (χ3v) is 5.63. The summed E-state index contributed by atoms with van der Waals surface area (Å²) >= 11 is 0. The minimum absolute atomic E-state index is 0.0348. The van der Waals surface area contributed by atoms with Crippen LogP contribution in [0.2, 0.25) is 0 Å². The van der Waals surface area contributed by atoms with E-state index in [0.717, 1.165) is 19.5 Å². The van der Waals surface area contributed by atoms with E-state index < -0.39 is 17.7 Å². The second kappa shape index (κ2) is 7.78. The molecule has 5 nitrogen and oxygen atoms in total. The average Bonchev–Trinajstić information content (AvgIpc) is 3.31. The molecular weight excluding hydrogens is 388 g/mol. The Morgan fingerprint density at radius 3 is 2.66 bits per heavy atom. The van der Waals surface area contributed by atoms with Crippen LogP contribution >= 0.6 is 0 Å². The second-order valence-electron chi connectivity index (χ2n) is 7.68. The first-order valence-electron chi connectivity index (χ1n) is 9.70. The Morgan fingerprint density at radius 2 is 2.00 bits per heavy atom. The van der Waals surface area contributed by atoms with E-state index in [1.165, 1.54) is 28.9 Å².